The summed E-state index contributed by atoms with van der Waals surface area (Å²) in [6.45, 7) is 1.84. The molecule has 0 spiro atoms. The molecule has 1 aromatic rings. The second-order valence-electron chi connectivity index (χ2n) is 3.89. The maximum absolute atomic E-state index is 12.9. The lowest BCUT2D eigenvalue weighted by atomic mass is 10.1. The third-order valence-electron chi connectivity index (χ3n) is 2.46. The van der Waals surface area contributed by atoms with Gasteiger partial charge in [-0.2, -0.15) is 5.26 Å². The summed E-state index contributed by atoms with van der Waals surface area (Å²) in [4.78, 5) is 12.4. The standard InChI is InChI=1S/C12H13FN2O2/c1-8(12(16)17)7-15(2)11-4-3-10(13)5-9(11)6-14/h3-5,8H,7H2,1-2H3,(H,16,17)/t8-/m1/s1. The average Bonchev–Trinajstić information content (AvgIpc) is 2.28. The molecular formula is C12H13FN2O2. The van der Waals surface area contributed by atoms with Gasteiger partial charge >= 0.3 is 5.97 Å². The van der Waals surface area contributed by atoms with Gasteiger partial charge in [-0.3, -0.25) is 4.79 Å². The summed E-state index contributed by atoms with van der Waals surface area (Å²) in [6.07, 6.45) is 0. The van der Waals surface area contributed by atoms with Crippen LogP contribution in [0.1, 0.15) is 12.5 Å². The number of halogens is 1. The minimum Gasteiger partial charge on any atom is -0.481 e. The number of carboxylic acid groups (broad SMARTS) is 1. The van der Waals surface area contributed by atoms with Crippen molar-refractivity contribution in [3.8, 4) is 6.07 Å². The Morgan fingerprint density at radius 3 is 2.82 bits per heavy atom. The zero-order valence-electron chi connectivity index (χ0n) is 9.64. The van der Waals surface area contributed by atoms with E-state index in [4.69, 9.17) is 10.4 Å². The first kappa shape index (κ1) is 13.0. The fourth-order valence-electron chi connectivity index (χ4n) is 1.52. The number of benzene rings is 1. The maximum Gasteiger partial charge on any atom is 0.308 e. The summed E-state index contributed by atoms with van der Waals surface area (Å²) in [5.41, 5.74) is 0.729. The second-order valence-corrected chi connectivity index (χ2v) is 3.89. The van der Waals surface area contributed by atoms with Crippen molar-refractivity contribution in [3.63, 3.8) is 0 Å². The van der Waals surface area contributed by atoms with Crippen molar-refractivity contribution in [2.75, 3.05) is 18.5 Å². The molecule has 0 saturated heterocycles. The quantitative estimate of drug-likeness (QED) is 0.866. The Balaban J connectivity index is 2.93. The normalized spacial score (nSPS) is 11.6. The van der Waals surface area contributed by atoms with Crippen molar-refractivity contribution in [1.82, 2.24) is 0 Å². The number of nitriles is 1. The van der Waals surface area contributed by atoms with Gasteiger partial charge in [-0.25, -0.2) is 4.39 Å². The minimum atomic E-state index is -0.905. The SMILES string of the molecule is C[C@H](CN(C)c1ccc(F)cc1C#N)C(=O)O. The first-order valence-corrected chi connectivity index (χ1v) is 5.09. The predicted molar refractivity (Wildman–Crippen MR) is 61.2 cm³/mol. The van der Waals surface area contributed by atoms with Crippen LogP contribution < -0.4 is 4.90 Å². The number of hydrogen-bond donors (Lipinski definition) is 1. The van der Waals surface area contributed by atoms with Crippen LogP contribution in [0, 0.1) is 23.1 Å². The van der Waals surface area contributed by atoms with E-state index in [1.807, 2.05) is 6.07 Å². The first-order valence-electron chi connectivity index (χ1n) is 5.09. The van der Waals surface area contributed by atoms with E-state index < -0.39 is 17.7 Å². The van der Waals surface area contributed by atoms with Crippen LogP contribution in [0.2, 0.25) is 0 Å². The van der Waals surface area contributed by atoms with Crippen molar-refractivity contribution in [2.24, 2.45) is 5.92 Å². The molecule has 1 aromatic carbocycles. The molecular weight excluding hydrogens is 223 g/mol. The highest BCUT2D eigenvalue weighted by atomic mass is 19.1. The maximum atomic E-state index is 12.9. The topological polar surface area (TPSA) is 64.3 Å². The molecule has 17 heavy (non-hydrogen) atoms. The number of carbonyl (C=O) groups is 1. The largest absolute Gasteiger partial charge is 0.481 e. The summed E-state index contributed by atoms with van der Waals surface area (Å²) in [5, 5.41) is 17.7. The molecule has 0 amide bonds. The van der Waals surface area contributed by atoms with Crippen molar-refractivity contribution in [2.45, 2.75) is 6.92 Å². The van der Waals surface area contributed by atoms with Crippen LogP contribution in [0.25, 0.3) is 0 Å². The lowest BCUT2D eigenvalue weighted by molar-refractivity contribution is -0.140. The van der Waals surface area contributed by atoms with Crippen molar-refractivity contribution >= 4 is 11.7 Å². The van der Waals surface area contributed by atoms with Crippen LogP contribution in [0.3, 0.4) is 0 Å². The molecule has 5 heteroatoms. The summed E-state index contributed by atoms with van der Waals surface area (Å²) >= 11 is 0. The van der Waals surface area contributed by atoms with Gasteiger partial charge in [0.1, 0.15) is 11.9 Å². The molecule has 0 saturated carbocycles. The number of anilines is 1. The van der Waals surface area contributed by atoms with Crippen molar-refractivity contribution in [3.05, 3.63) is 29.6 Å². The van der Waals surface area contributed by atoms with Gasteiger partial charge in [0.25, 0.3) is 0 Å². The number of rotatable bonds is 4. The molecule has 0 heterocycles. The van der Waals surface area contributed by atoms with Crippen molar-refractivity contribution < 1.29 is 14.3 Å². The molecule has 1 rings (SSSR count). The number of carboxylic acids is 1. The molecule has 90 valence electrons. The lowest BCUT2D eigenvalue weighted by Gasteiger charge is -2.22. The van der Waals surface area contributed by atoms with E-state index in [0.717, 1.165) is 6.07 Å². The number of hydrogen-bond acceptors (Lipinski definition) is 3. The van der Waals surface area contributed by atoms with Gasteiger partial charge in [-0.15, -0.1) is 0 Å². The molecule has 1 N–H and O–H groups in total. The van der Waals surface area contributed by atoms with Crippen LogP contribution in [0.5, 0.6) is 0 Å². The highest BCUT2D eigenvalue weighted by Gasteiger charge is 2.16. The van der Waals surface area contributed by atoms with Gasteiger partial charge in [0.15, 0.2) is 0 Å². The average molecular weight is 236 g/mol. The van der Waals surface area contributed by atoms with Gasteiger partial charge in [0, 0.05) is 13.6 Å². The van der Waals surface area contributed by atoms with Crippen LogP contribution in [0.15, 0.2) is 18.2 Å². The minimum absolute atomic E-state index is 0.199. The second kappa shape index (κ2) is 5.30. The fourth-order valence-corrected chi connectivity index (χ4v) is 1.52. The Hall–Kier alpha value is -2.09. The molecule has 0 aliphatic carbocycles. The highest BCUT2D eigenvalue weighted by Crippen LogP contribution is 2.20. The zero-order chi connectivity index (χ0) is 13.0. The Kier molecular flexibility index (Phi) is 4.05. The third-order valence-corrected chi connectivity index (χ3v) is 2.46. The van der Waals surface area contributed by atoms with E-state index in [1.54, 1.807) is 18.9 Å². The van der Waals surface area contributed by atoms with Gasteiger partial charge < -0.3 is 10.0 Å². The molecule has 0 aliphatic heterocycles. The van der Waals surface area contributed by atoms with Crippen LogP contribution in [0.4, 0.5) is 10.1 Å². The van der Waals surface area contributed by atoms with Gasteiger partial charge in [0.2, 0.25) is 0 Å². The number of aliphatic carboxylic acids is 1. The van der Waals surface area contributed by atoms with Gasteiger partial charge in [-0.1, -0.05) is 6.92 Å². The van der Waals surface area contributed by atoms with Crippen LogP contribution in [-0.2, 0) is 4.79 Å². The molecule has 0 aliphatic rings. The molecule has 0 fully saturated rings. The van der Waals surface area contributed by atoms with Gasteiger partial charge in [0.05, 0.1) is 17.2 Å². The summed E-state index contributed by atoms with van der Waals surface area (Å²) in [7, 11) is 1.67. The van der Waals surface area contributed by atoms with Gasteiger partial charge in [-0.05, 0) is 18.2 Å². The zero-order valence-corrected chi connectivity index (χ0v) is 9.64. The molecule has 0 unspecified atom stereocenters. The summed E-state index contributed by atoms with van der Waals surface area (Å²) < 4.78 is 12.9. The van der Waals surface area contributed by atoms with E-state index >= 15 is 0 Å². The molecule has 1 atom stereocenters. The van der Waals surface area contributed by atoms with E-state index in [-0.39, 0.29) is 12.1 Å². The monoisotopic (exact) mass is 236 g/mol. The van der Waals surface area contributed by atoms with Crippen LogP contribution >= 0.6 is 0 Å². The fraction of sp³-hybridized carbons (Fsp3) is 0.333. The lowest BCUT2D eigenvalue weighted by Crippen LogP contribution is -2.28. The Bertz CT molecular complexity index is 468. The molecule has 4 nitrogen and oxygen atoms in total. The first-order chi connectivity index (χ1) is 7.95. The van der Waals surface area contributed by atoms with E-state index in [9.17, 15) is 9.18 Å². The Morgan fingerprint density at radius 1 is 1.65 bits per heavy atom. The predicted octanol–water partition coefficient (Wildman–Crippen LogP) is 1.85. The molecule has 0 aromatic heterocycles. The summed E-state index contributed by atoms with van der Waals surface area (Å²) in [6, 6.07) is 5.75. The van der Waals surface area contributed by atoms with E-state index in [1.165, 1.54) is 12.1 Å². The smallest absolute Gasteiger partial charge is 0.308 e. The third kappa shape index (κ3) is 3.18. The number of nitrogens with zero attached hydrogens (tertiary/aromatic N) is 2. The van der Waals surface area contributed by atoms with E-state index in [2.05, 4.69) is 0 Å². The van der Waals surface area contributed by atoms with Crippen molar-refractivity contribution in [1.29, 1.82) is 5.26 Å². The highest BCUT2D eigenvalue weighted by molar-refractivity contribution is 5.71. The Labute approximate surface area is 98.9 Å². The molecule has 0 bridgehead atoms. The van der Waals surface area contributed by atoms with Crippen LogP contribution in [-0.4, -0.2) is 24.7 Å². The van der Waals surface area contributed by atoms with E-state index in [0.29, 0.717) is 5.69 Å². The molecule has 0 radical (unpaired) electrons. The Morgan fingerprint density at radius 2 is 2.29 bits per heavy atom. The summed E-state index contributed by atoms with van der Waals surface area (Å²) in [5.74, 6) is -1.95.